The lowest BCUT2D eigenvalue weighted by molar-refractivity contribution is 0.193. The van der Waals surface area contributed by atoms with Crippen molar-refractivity contribution in [2.75, 3.05) is 0 Å². The van der Waals surface area contributed by atoms with Crippen molar-refractivity contribution in [2.24, 2.45) is 10.7 Å². The minimum atomic E-state index is -1.49. The SMILES string of the molecule is C/C(=C\C(C)=N\C(=O)NC(=O)O)NC(N)=O. The molecule has 0 aliphatic carbocycles. The molecule has 5 amide bonds. The van der Waals surface area contributed by atoms with Crippen LogP contribution in [0, 0.1) is 0 Å². The second-order valence-corrected chi connectivity index (χ2v) is 2.81. The van der Waals surface area contributed by atoms with E-state index in [4.69, 9.17) is 10.8 Å². The quantitative estimate of drug-likeness (QED) is 0.509. The van der Waals surface area contributed by atoms with Gasteiger partial charge in [0.15, 0.2) is 0 Å². The number of carbonyl (C=O) groups is 3. The third kappa shape index (κ3) is 7.06. The molecule has 0 aromatic rings. The number of nitrogens with zero attached hydrogens (tertiary/aromatic N) is 1. The van der Waals surface area contributed by atoms with Gasteiger partial charge in [-0.3, -0.25) is 0 Å². The van der Waals surface area contributed by atoms with Gasteiger partial charge in [0.2, 0.25) is 0 Å². The summed E-state index contributed by atoms with van der Waals surface area (Å²) in [6.45, 7) is 3.01. The Kier molecular flexibility index (Phi) is 5.25. The fraction of sp³-hybridized carbons (Fsp3) is 0.250. The second kappa shape index (κ2) is 6.17. The van der Waals surface area contributed by atoms with E-state index in [9.17, 15) is 14.4 Å². The molecule has 0 heterocycles. The maximum atomic E-state index is 10.8. The van der Waals surface area contributed by atoms with E-state index in [2.05, 4.69) is 10.3 Å². The summed E-state index contributed by atoms with van der Waals surface area (Å²) in [5.74, 6) is 0. The lowest BCUT2D eigenvalue weighted by Crippen LogP contribution is -2.28. The molecular formula is C8H12N4O4. The van der Waals surface area contributed by atoms with Crippen LogP contribution in [0.5, 0.6) is 0 Å². The molecule has 0 saturated heterocycles. The smallest absolute Gasteiger partial charge is 0.412 e. The molecule has 8 nitrogen and oxygen atoms in total. The van der Waals surface area contributed by atoms with Crippen molar-refractivity contribution < 1.29 is 19.5 Å². The number of primary amides is 1. The molecule has 5 N–H and O–H groups in total. The zero-order valence-electron chi connectivity index (χ0n) is 8.77. The highest BCUT2D eigenvalue weighted by Gasteiger charge is 2.03. The van der Waals surface area contributed by atoms with Crippen molar-refractivity contribution in [1.82, 2.24) is 10.6 Å². The molecule has 0 bridgehead atoms. The molecule has 0 rings (SSSR count). The van der Waals surface area contributed by atoms with Crippen LogP contribution in [0.4, 0.5) is 14.4 Å². The second-order valence-electron chi connectivity index (χ2n) is 2.81. The van der Waals surface area contributed by atoms with Crippen molar-refractivity contribution in [2.45, 2.75) is 13.8 Å². The topological polar surface area (TPSA) is 134 Å². The molecule has 0 aliphatic rings. The van der Waals surface area contributed by atoms with Crippen molar-refractivity contribution in [3.8, 4) is 0 Å². The average molecular weight is 228 g/mol. The highest BCUT2D eigenvalue weighted by atomic mass is 16.4. The van der Waals surface area contributed by atoms with Gasteiger partial charge in [0, 0.05) is 11.4 Å². The Hall–Kier alpha value is -2.38. The van der Waals surface area contributed by atoms with Gasteiger partial charge in [-0.05, 0) is 19.9 Å². The number of nitrogens with one attached hydrogen (secondary N) is 2. The van der Waals surface area contributed by atoms with E-state index in [0.29, 0.717) is 5.70 Å². The fourth-order valence-electron chi connectivity index (χ4n) is 0.856. The number of hydrogen-bond acceptors (Lipinski definition) is 3. The molecule has 0 fully saturated rings. The fourth-order valence-corrected chi connectivity index (χ4v) is 0.856. The molecular weight excluding hydrogens is 216 g/mol. The van der Waals surface area contributed by atoms with E-state index < -0.39 is 18.2 Å². The Morgan fingerprint density at radius 1 is 1.25 bits per heavy atom. The number of nitrogens with two attached hydrogens (primary N) is 1. The standard InChI is InChI=1S/C8H12N4O4/c1-4(10-6(9)13)3-5(2)11-7(14)12-8(15)16/h3H,1-2H3,(H,12,14)(H,15,16)(H3,9,10,13)/b4-3+,11-5+. The van der Waals surface area contributed by atoms with Crippen molar-refractivity contribution >= 4 is 23.9 Å². The molecule has 0 aliphatic heterocycles. The third-order valence-corrected chi connectivity index (χ3v) is 1.24. The molecule has 0 atom stereocenters. The summed E-state index contributed by atoms with van der Waals surface area (Å²) < 4.78 is 0. The van der Waals surface area contributed by atoms with Gasteiger partial charge in [-0.2, -0.15) is 4.99 Å². The van der Waals surface area contributed by atoms with E-state index in [1.165, 1.54) is 18.3 Å². The molecule has 0 aromatic heterocycles. The number of amides is 5. The minimum Gasteiger partial charge on any atom is -0.465 e. The van der Waals surface area contributed by atoms with Gasteiger partial charge < -0.3 is 16.2 Å². The van der Waals surface area contributed by atoms with Crippen LogP contribution in [0.2, 0.25) is 0 Å². The Morgan fingerprint density at radius 3 is 2.25 bits per heavy atom. The molecule has 0 unspecified atom stereocenters. The first-order valence-electron chi connectivity index (χ1n) is 4.15. The van der Waals surface area contributed by atoms with Gasteiger partial charge >= 0.3 is 18.2 Å². The first kappa shape index (κ1) is 13.6. The van der Waals surface area contributed by atoms with Crippen LogP contribution < -0.4 is 16.4 Å². The summed E-state index contributed by atoms with van der Waals surface area (Å²) in [5.41, 5.74) is 5.46. The van der Waals surface area contributed by atoms with Crippen molar-refractivity contribution in [3.05, 3.63) is 11.8 Å². The van der Waals surface area contributed by atoms with Crippen LogP contribution in [0.3, 0.4) is 0 Å². The normalized spacial score (nSPS) is 11.9. The number of aliphatic imine (C=N–C) groups is 1. The van der Waals surface area contributed by atoms with Crippen LogP contribution >= 0.6 is 0 Å². The van der Waals surface area contributed by atoms with Gasteiger partial charge in [-0.1, -0.05) is 0 Å². The zero-order valence-corrected chi connectivity index (χ0v) is 8.77. The van der Waals surface area contributed by atoms with E-state index in [1.807, 2.05) is 0 Å². The van der Waals surface area contributed by atoms with Crippen LogP contribution in [-0.2, 0) is 0 Å². The molecule has 0 spiro atoms. The van der Waals surface area contributed by atoms with Crippen molar-refractivity contribution in [1.29, 1.82) is 0 Å². The number of rotatable bonds is 2. The maximum Gasteiger partial charge on any atom is 0.412 e. The number of urea groups is 2. The summed E-state index contributed by atoms with van der Waals surface area (Å²) in [7, 11) is 0. The molecule has 16 heavy (non-hydrogen) atoms. The van der Waals surface area contributed by atoms with Gasteiger partial charge in [0.05, 0.1) is 0 Å². The maximum absolute atomic E-state index is 10.8. The number of hydrogen-bond donors (Lipinski definition) is 4. The van der Waals surface area contributed by atoms with E-state index >= 15 is 0 Å². The summed E-state index contributed by atoms with van der Waals surface area (Å²) in [6, 6.07) is -1.75. The minimum absolute atomic E-state index is 0.227. The summed E-state index contributed by atoms with van der Waals surface area (Å²) >= 11 is 0. The first-order chi connectivity index (χ1) is 7.31. The van der Waals surface area contributed by atoms with E-state index in [-0.39, 0.29) is 5.71 Å². The predicted molar refractivity (Wildman–Crippen MR) is 56.1 cm³/mol. The Morgan fingerprint density at radius 2 is 1.81 bits per heavy atom. The molecule has 0 radical (unpaired) electrons. The Labute approximate surface area is 91.2 Å². The zero-order chi connectivity index (χ0) is 12.7. The Bertz CT molecular complexity index is 372. The summed E-state index contributed by atoms with van der Waals surface area (Å²) in [6.07, 6.45) is -0.121. The number of carboxylic acid groups (broad SMARTS) is 1. The number of carbonyl (C=O) groups excluding carboxylic acids is 2. The predicted octanol–water partition coefficient (Wildman–Crippen LogP) is 0.407. The van der Waals surface area contributed by atoms with E-state index in [0.717, 1.165) is 0 Å². The van der Waals surface area contributed by atoms with Crippen LogP contribution in [0.25, 0.3) is 0 Å². The lowest BCUT2D eigenvalue weighted by Gasteiger charge is -2.00. The van der Waals surface area contributed by atoms with E-state index in [1.54, 1.807) is 6.92 Å². The van der Waals surface area contributed by atoms with Crippen LogP contribution in [0.15, 0.2) is 16.8 Å². The van der Waals surface area contributed by atoms with Gasteiger partial charge in [-0.25, -0.2) is 19.7 Å². The van der Waals surface area contributed by atoms with Gasteiger partial charge in [0.1, 0.15) is 0 Å². The highest BCUT2D eigenvalue weighted by Crippen LogP contribution is 1.90. The Balaban J connectivity index is 4.49. The number of imide groups is 1. The first-order valence-corrected chi connectivity index (χ1v) is 4.15. The van der Waals surface area contributed by atoms with Crippen molar-refractivity contribution in [3.63, 3.8) is 0 Å². The molecule has 88 valence electrons. The molecule has 0 saturated carbocycles. The summed E-state index contributed by atoms with van der Waals surface area (Å²) in [4.78, 5) is 34.7. The van der Waals surface area contributed by atoms with Gasteiger partial charge in [-0.15, -0.1) is 0 Å². The largest absolute Gasteiger partial charge is 0.465 e. The average Bonchev–Trinajstić information content (AvgIpc) is 1.97. The van der Waals surface area contributed by atoms with Crippen LogP contribution in [-0.4, -0.2) is 29.0 Å². The van der Waals surface area contributed by atoms with Gasteiger partial charge in [0.25, 0.3) is 0 Å². The summed E-state index contributed by atoms with van der Waals surface area (Å²) in [5, 5.41) is 12.0. The number of allylic oxidation sites excluding steroid dienone is 2. The van der Waals surface area contributed by atoms with Crippen LogP contribution in [0.1, 0.15) is 13.8 Å². The molecule has 8 heteroatoms. The monoisotopic (exact) mass is 228 g/mol. The molecule has 0 aromatic carbocycles. The third-order valence-electron chi connectivity index (χ3n) is 1.24. The highest BCUT2D eigenvalue weighted by molar-refractivity contribution is 6.03. The lowest BCUT2D eigenvalue weighted by atomic mass is 10.3.